The number of hydrogen-bond donors (Lipinski definition) is 2. The second-order valence-corrected chi connectivity index (χ2v) is 2.63. The van der Waals surface area contributed by atoms with Gasteiger partial charge in [-0.05, 0) is 13.0 Å². The second kappa shape index (κ2) is 3.75. The van der Waals surface area contributed by atoms with Crippen molar-refractivity contribution in [2.75, 3.05) is 0 Å². The van der Waals surface area contributed by atoms with Crippen LogP contribution in [0.2, 0.25) is 0 Å². The highest BCUT2D eigenvalue weighted by Crippen LogP contribution is 2.07. The van der Waals surface area contributed by atoms with Crippen molar-refractivity contribution in [2.45, 2.75) is 19.4 Å². The van der Waals surface area contributed by atoms with Gasteiger partial charge in [-0.3, -0.25) is 4.68 Å². The van der Waals surface area contributed by atoms with Crippen LogP contribution < -0.4 is 5.73 Å². The van der Waals surface area contributed by atoms with Crippen LogP contribution >= 0.6 is 0 Å². The molecule has 0 aromatic carbocycles. The molecule has 0 aliphatic rings. The van der Waals surface area contributed by atoms with Crippen molar-refractivity contribution in [3.05, 3.63) is 18.5 Å². The van der Waals surface area contributed by atoms with Crippen LogP contribution in [0, 0.1) is 0 Å². The highest BCUT2D eigenvalue weighted by atomic mass is 16.4. The Labute approximate surface area is 70.5 Å². The van der Waals surface area contributed by atoms with Crippen LogP contribution in [0.25, 0.3) is 0 Å². The molecule has 0 saturated carbocycles. The van der Waals surface area contributed by atoms with Crippen molar-refractivity contribution in [1.82, 2.24) is 9.78 Å². The maximum absolute atomic E-state index is 8.31. The monoisotopic (exact) mass is 168 g/mol. The van der Waals surface area contributed by atoms with E-state index in [4.69, 9.17) is 10.9 Å². The van der Waals surface area contributed by atoms with E-state index in [9.17, 15) is 0 Å². The van der Waals surface area contributed by atoms with Gasteiger partial charge in [0, 0.05) is 18.8 Å². The molecule has 0 radical (unpaired) electrons. The number of amidine groups is 1. The molecule has 12 heavy (non-hydrogen) atoms. The van der Waals surface area contributed by atoms with E-state index in [1.54, 1.807) is 10.9 Å². The molecule has 0 spiro atoms. The Hall–Kier alpha value is -1.52. The molecule has 1 rings (SSSR count). The van der Waals surface area contributed by atoms with Crippen LogP contribution in [0.3, 0.4) is 0 Å². The first-order chi connectivity index (χ1) is 5.74. The number of nitrogens with two attached hydrogens (primary N) is 1. The van der Waals surface area contributed by atoms with Gasteiger partial charge in [-0.1, -0.05) is 5.16 Å². The molecule has 3 N–H and O–H groups in total. The first-order valence-corrected chi connectivity index (χ1v) is 3.69. The maximum Gasteiger partial charge on any atom is 0.141 e. The lowest BCUT2D eigenvalue weighted by atomic mass is 10.2. The molecule has 0 amide bonds. The van der Waals surface area contributed by atoms with Gasteiger partial charge < -0.3 is 10.9 Å². The molecule has 0 bridgehead atoms. The molecular weight excluding hydrogens is 156 g/mol. The third kappa shape index (κ3) is 1.98. The van der Waals surface area contributed by atoms with Crippen LogP contribution in [0.5, 0.6) is 0 Å². The molecule has 5 heteroatoms. The molecule has 1 aromatic rings. The summed E-state index contributed by atoms with van der Waals surface area (Å²) in [5.74, 6) is 0.220. The van der Waals surface area contributed by atoms with Gasteiger partial charge in [0.25, 0.3) is 0 Å². The van der Waals surface area contributed by atoms with E-state index in [1.807, 2.05) is 19.2 Å². The van der Waals surface area contributed by atoms with Crippen molar-refractivity contribution < 1.29 is 5.21 Å². The number of aromatic nitrogens is 2. The summed E-state index contributed by atoms with van der Waals surface area (Å²) >= 11 is 0. The summed E-state index contributed by atoms with van der Waals surface area (Å²) in [5.41, 5.74) is 5.34. The first-order valence-electron chi connectivity index (χ1n) is 3.69. The minimum absolute atomic E-state index is 0.121. The Kier molecular flexibility index (Phi) is 2.68. The fraction of sp³-hybridized carbons (Fsp3) is 0.429. The summed E-state index contributed by atoms with van der Waals surface area (Å²) in [6, 6.07) is 1.96. The number of rotatable bonds is 3. The SMILES string of the molecule is C[C@@H](C/C(N)=N\O)n1cccn1. The van der Waals surface area contributed by atoms with E-state index in [-0.39, 0.29) is 11.9 Å². The molecule has 0 aliphatic heterocycles. The highest BCUT2D eigenvalue weighted by Gasteiger charge is 2.06. The van der Waals surface area contributed by atoms with E-state index >= 15 is 0 Å². The van der Waals surface area contributed by atoms with E-state index in [0.717, 1.165) is 0 Å². The molecule has 0 unspecified atom stereocenters. The summed E-state index contributed by atoms with van der Waals surface area (Å²) in [5, 5.41) is 15.2. The summed E-state index contributed by atoms with van der Waals surface area (Å²) in [6.45, 7) is 1.95. The molecule has 1 aromatic heterocycles. The molecule has 0 fully saturated rings. The van der Waals surface area contributed by atoms with E-state index < -0.39 is 0 Å². The van der Waals surface area contributed by atoms with Crippen LogP contribution in [0.4, 0.5) is 0 Å². The standard InChI is InChI=1S/C7H12N4O/c1-6(5-7(8)10-12)11-4-2-3-9-11/h2-4,6,12H,5H2,1H3,(H2,8,10)/t6-/m0/s1. The summed E-state index contributed by atoms with van der Waals surface area (Å²) in [4.78, 5) is 0. The zero-order valence-electron chi connectivity index (χ0n) is 6.88. The maximum atomic E-state index is 8.31. The average Bonchev–Trinajstić information content (AvgIpc) is 2.56. The minimum atomic E-state index is 0.121. The lowest BCUT2D eigenvalue weighted by Gasteiger charge is -2.09. The van der Waals surface area contributed by atoms with Gasteiger partial charge in [0.15, 0.2) is 0 Å². The summed E-state index contributed by atoms with van der Waals surface area (Å²) < 4.78 is 1.76. The fourth-order valence-electron chi connectivity index (χ4n) is 0.978. The van der Waals surface area contributed by atoms with Crippen molar-refractivity contribution in [3.63, 3.8) is 0 Å². The smallest absolute Gasteiger partial charge is 0.141 e. The third-order valence-electron chi connectivity index (χ3n) is 1.61. The zero-order chi connectivity index (χ0) is 8.97. The van der Waals surface area contributed by atoms with Crippen LogP contribution in [-0.4, -0.2) is 20.8 Å². The molecule has 66 valence electrons. The highest BCUT2D eigenvalue weighted by molar-refractivity contribution is 5.79. The summed E-state index contributed by atoms with van der Waals surface area (Å²) in [6.07, 6.45) is 4.04. The average molecular weight is 168 g/mol. The summed E-state index contributed by atoms with van der Waals surface area (Å²) in [7, 11) is 0. The number of hydrogen-bond acceptors (Lipinski definition) is 3. The Morgan fingerprint density at radius 2 is 2.58 bits per heavy atom. The van der Waals surface area contributed by atoms with Gasteiger partial charge in [0.05, 0.1) is 6.04 Å². The molecule has 0 aliphatic carbocycles. The van der Waals surface area contributed by atoms with Crippen LogP contribution in [0.15, 0.2) is 23.6 Å². The predicted octanol–water partition coefficient (Wildman–Crippen LogP) is 0.581. The molecular formula is C7H12N4O. The van der Waals surface area contributed by atoms with Crippen molar-refractivity contribution in [2.24, 2.45) is 10.9 Å². The van der Waals surface area contributed by atoms with Gasteiger partial charge in [-0.15, -0.1) is 0 Å². The van der Waals surface area contributed by atoms with Crippen LogP contribution in [-0.2, 0) is 0 Å². The lowest BCUT2D eigenvalue weighted by Crippen LogP contribution is -2.18. The minimum Gasteiger partial charge on any atom is -0.409 e. The Morgan fingerprint density at radius 3 is 3.08 bits per heavy atom. The number of oxime groups is 1. The molecule has 1 atom stereocenters. The topological polar surface area (TPSA) is 76.4 Å². The fourth-order valence-corrected chi connectivity index (χ4v) is 0.978. The van der Waals surface area contributed by atoms with E-state index in [2.05, 4.69) is 10.3 Å². The predicted molar refractivity (Wildman–Crippen MR) is 45.0 cm³/mol. The quantitative estimate of drug-likeness (QED) is 0.300. The van der Waals surface area contributed by atoms with Gasteiger partial charge in [-0.2, -0.15) is 5.10 Å². The second-order valence-electron chi connectivity index (χ2n) is 2.63. The van der Waals surface area contributed by atoms with Crippen molar-refractivity contribution >= 4 is 5.84 Å². The van der Waals surface area contributed by atoms with Gasteiger partial charge in [0.2, 0.25) is 0 Å². The lowest BCUT2D eigenvalue weighted by molar-refractivity contribution is 0.315. The Balaban J connectivity index is 2.55. The van der Waals surface area contributed by atoms with Gasteiger partial charge >= 0.3 is 0 Å². The third-order valence-corrected chi connectivity index (χ3v) is 1.61. The van der Waals surface area contributed by atoms with E-state index in [1.165, 1.54) is 0 Å². The Bertz CT molecular complexity index is 254. The van der Waals surface area contributed by atoms with Crippen molar-refractivity contribution in [3.8, 4) is 0 Å². The first kappa shape index (κ1) is 8.58. The molecule has 1 heterocycles. The zero-order valence-corrected chi connectivity index (χ0v) is 6.88. The normalized spacial score (nSPS) is 14.6. The van der Waals surface area contributed by atoms with Gasteiger partial charge in [-0.25, -0.2) is 0 Å². The van der Waals surface area contributed by atoms with Crippen molar-refractivity contribution in [1.29, 1.82) is 0 Å². The molecule has 0 saturated heterocycles. The van der Waals surface area contributed by atoms with Crippen LogP contribution in [0.1, 0.15) is 19.4 Å². The largest absolute Gasteiger partial charge is 0.409 e. The molecule has 5 nitrogen and oxygen atoms in total. The van der Waals surface area contributed by atoms with Gasteiger partial charge in [0.1, 0.15) is 5.84 Å². The number of nitrogens with zero attached hydrogens (tertiary/aromatic N) is 3. The Morgan fingerprint density at radius 1 is 1.83 bits per heavy atom. The van der Waals surface area contributed by atoms with E-state index in [0.29, 0.717) is 6.42 Å².